The molecule has 1 rings (SSSR count). The van der Waals surface area contributed by atoms with E-state index < -0.39 is 4.92 Å². The maximum absolute atomic E-state index is 10.2. The highest BCUT2D eigenvalue weighted by Crippen LogP contribution is 2.10. The third-order valence-electron chi connectivity index (χ3n) is 1.38. The van der Waals surface area contributed by atoms with Gasteiger partial charge in [-0.05, 0) is 17.7 Å². The molecule has 0 saturated heterocycles. The Labute approximate surface area is 74.1 Å². The van der Waals surface area contributed by atoms with E-state index in [1.165, 1.54) is 30.5 Å². The Bertz CT molecular complexity index is 375. The molecule has 0 saturated carbocycles. The highest BCUT2D eigenvalue weighted by atomic mass is 16.6. The van der Waals surface area contributed by atoms with Crippen molar-refractivity contribution in [3.63, 3.8) is 0 Å². The van der Waals surface area contributed by atoms with Crippen molar-refractivity contribution in [2.24, 2.45) is 4.99 Å². The van der Waals surface area contributed by atoms with Crippen LogP contribution in [0.25, 0.3) is 0 Å². The highest BCUT2D eigenvalue weighted by Gasteiger charge is 2.01. The number of nitro groups is 1. The average Bonchev–Trinajstić information content (AvgIpc) is 2.15. The molecule has 0 fully saturated rings. The number of nitrogens with zero attached hydrogens (tertiary/aromatic N) is 3. The third kappa shape index (κ3) is 2.38. The second kappa shape index (κ2) is 3.97. The van der Waals surface area contributed by atoms with Crippen molar-refractivity contribution in [1.29, 1.82) is 5.26 Å². The summed E-state index contributed by atoms with van der Waals surface area (Å²) in [7, 11) is 0. The van der Waals surface area contributed by atoms with E-state index in [0.717, 1.165) is 0 Å². The summed E-state index contributed by atoms with van der Waals surface area (Å²) in [5, 5.41) is 18.4. The van der Waals surface area contributed by atoms with Crippen LogP contribution in [-0.4, -0.2) is 11.1 Å². The summed E-state index contributed by atoms with van der Waals surface area (Å²) in [5.74, 6) is 0. The predicted octanol–water partition coefficient (Wildman–Crippen LogP) is 1.49. The zero-order valence-electron chi connectivity index (χ0n) is 6.54. The first-order valence-electron chi connectivity index (χ1n) is 3.40. The molecule has 0 unspecified atom stereocenters. The van der Waals surface area contributed by atoms with E-state index in [9.17, 15) is 10.1 Å². The Morgan fingerprint density at radius 3 is 2.54 bits per heavy atom. The lowest BCUT2D eigenvalue weighted by Crippen LogP contribution is -1.88. The highest BCUT2D eigenvalue weighted by molar-refractivity contribution is 5.80. The van der Waals surface area contributed by atoms with Gasteiger partial charge in [-0.2, -0.15) is 10.3 Å². The van der Waals surface area contributed by atoms with Crippen LogP contribution in [0, 0.1) is 21.6 Å². The summed E-state index contributed by atoms with van der Waals surface area (Å²) in [6.45, 7) is 0. The maximum atomic E-state index is 10.2. The largest absolute Gasteiger partial charge is 0.269 e. The third-order valence-corrected chi connectivity index (χ3v) is 1.38. The van der Waals surface area contributed by atoms with Crippen molar-refractivity contribution < 1.29 is 4.92 Å². The van der Waals surface area contributed by atoms with Crippen LogP contribution in [0.3, 0.4) is 0 Å². The number of nitro benzene ring substituents is 1. The SMILES string of the molecule is N#CN=Cc1ccc([N+](=O)[O-])cc1. The van der Waals surface area contributed by atoms with Gasteiger partial charge in [-0.15, -0.1) is 0 Å². The number of hydrogen-bond acceptors (Lipinski definition) is 4. The van der Waals surface area contributed by atoms with E-state index in [1.807, 2.05) is 0 Å². The van der Waals surface area contributed by atoms with Gasteiger partial charge in [-0.25, -0.2) is 0 Å². The lowest BCUT2D eigenvalue weighted by Gasteiger charge is -1.91. The molecule has 0 aliphatic carbocycles. The summed E-state index contributed by atoms with van der Waals surface area (Å²) in [6.07, 6.45) is 2.93. The summed E-state index contributed by atoms with van der Waals surface area (Å²) >= 11 is 0. The molecule has 13 heavy (non-hydrogen) atoms. The molecule has 0 spiro atoms. The van der Waals surface area contributed by atoms with Gasteiger partial charge in [0.15, 0.2) is 0 Å². The Balaban J connectivity index is 2.89. The van der Waals surface area contributed by atoms with Gasteiger partial charge in [-0.3, -0.25) is 10.1 Å². The molecule has 0 heterocycles. The summed E-state index contributed by atoms with van der Waals surface area (Å²) in [4.78, 5) is 13.1. The fourth-order valence-corrected chi connectivity index (χ4v) is 0.786. The van der Waals surface area contributed by atoms with E-state index in [0.29, 0.717) is 5.56 Å². The van der Waals surface area contributed by atoms with Gasteiger partial charge in [0, 0.05) is 18.3 Å². The first-order chi connectivity index (χ1) is 6.24. The predicted molar refractivity (Wildman–Crippen MR) is 46.3 cm³/mol. The molecule has 0 aliphatic heterocycles. The standard InChI is InChI=1S/C8H5N3O2/c9-6-10-5-7-1-3-8(4-2-7)11(12)13/h1-5H. The van der Waals surface area contributed by atoms with Crippen molar-refractivity contribution in [1.82, 2.24) is 0 Å². The molecule has 5 nitrogen and oxygen atoms in total. The molecule has 64 valence electrons. The van der Waals surface area contributed by atoms with Gasteiger partial charge in [0.2, 0.25) is 6.19 Å². The molecule has 5 heteroatoms. The number of rotatable bonds is 2. The van der Waals surface area contributed by atoms with Crippen LogP contribution in [-0.2, 0) is 0 Å². The minimum Gasteiger partial charge on any atom is -0.258 e. The van der Waals surface area contributed by atoms with Gasteiger partial charge in [-0.1, -0.05) is 0 Å². The van der Waals surface area contributed by atoms with E-state index in [-0.39, 0.29) is 5.69 Å². The van der Waals surface area contributed by atoms with Gasteiger partial charge < -0.3 is 0 Å². The van der Waals surface area contributed by atoms with Crippen molar-refractivity contribution in [2.75, 3.05) is 0 Å². The van der Waals surface area contributed by atoms with Crippen LogP contribution in [0.2, 0.25) is 0 Å². The van der Waals surface area contributed by atoms with Crippen LogP contribution >= 0.6 is 0 Å². The van der Waals surface area contributed by atoms with E-state index >= 15 is 0 Å². The monoisotopic (exact) mass is 175 g/mol. The van der Waals surface area contributed by atoms with Crippen LogP contribution in [0.4, 0.5) is 5.69 Å². The first-order valence-corrected chi connectivity index (χ1v) is 3.40. The van der Waals surface area contributed by atoms with Gasteiger partial charge in [0.25, 0.3) is 5.69 Å². The molecule has 0 N–H and O–H groups in total. The van der Waals surface area contributed by atoms with Gasteiger partial charge in [0.05, 0.1) is 4.92 Å². The molecule has 0 amide bonds. The fourth-order valence-electron chi connectivity index (χ4n) is 0.786. The minimum absolute atomic E-state index is 0.0223. The second-order valence-electron chi connectivity index (χ2n) is 2.21. The normalized spacial score (nSPS) is 9.77. The molecule has 0 radical (unpaired) electrons. The smallest absolute Gasteiger partial charge is 0.258 e. The molecule has 0 bridgehead atoms. The van der Waals surface area contributed by atoms with Crippen molar-refractivity contribution in [3.8, 4) is 6.19 Å². The summed E-state index contributed by atoms with van der Waals surface area (Å²) in [6, 6.07) is 5.77. The maximum Gasteiger partial charge on any atom is 0.269 e. The Kier molecular flexibility index (Phi) is 2.71. The molecule has 0 aliphatic rings. The first kappa shape index (κ1) is 8.87. The molecular weight excluding hydrogens is 170 g/mol. The quantitative estimate of drug-likeness (QED) is 0.295. The molecular formula is C8H5N3O2. The minimum atomic E-state index is -0.481. The van der Waals surface area contributed by atoms with Crippen LogP contribution < -0.4 is 0 Å². The van der Waals surface area contributed by atoms with Crippen LogP contribution in [0.1, 0.15) is 5.56 Å². The van der Waals surface area contributed by atoms with E-state index in [1.54, 1.807) is 6.19 Å². The number of nitriles is 1. The summed E-state index contributed by atoms with van der Waals surface area (Å²) in [5.41, 5.74) is 0.682. The van der Waals surface area contributed by atoms with Gasteiger partial charge >= 0.3 is 0 Å². The van der Waals surface area contributed by atoms with Crippen LogP contribution in [0.5, 0.6) is 0 Å². The van der Waals surface area contributed by atoms with Crippen LogP contribution in [0.15, 0.2) is 29.3 Å². The zero-order chi connectivity index (χ0) is 9.68. The Morgan fingerprint density at radius 2 is 2.08 bits per heavy atom. The Morgan fingerprint density at radius 1 is 1.46 bits per heavy atom. The number of benzene rings is 1. The lowest BCUT2D eigenvalue weighted by molar-refractivity contribution is -0.384. The second-order valence-corrected chi connectivity index (χ2v) is 2.21. The lowest BCUT2D eigenvalue weighted by atomic mass is 10.2. The van der Waals surface area contributed by atoms with E-state index in [4.69, 9.17) is 5.26 Å². The molecule has 1 aromatic rings. The van der Waals surface area contributed by atoms with E-state index in [2.05, 4.69) is 4.99 Å². The van der Waals surface area contributed by atoms with Crippen molar-refractivity contribution >= 4 is 11.9 Å². The number of aliphatic imine (C=N–C) groups is 1. The average molecular weight is 175 g/mol. The van der Waals surface area contributed by atoms with Gasteiger partial charge in [0.1, 0.15) is 0 Å². The fraction of sp³-hybridized carbons (Fsp3) is 0. The number of hydrogen-bond donors (Lipinski definition) is 0. The molecule has 1 aromatic carbocycles. The topological polar surface area (TPSA) is 79.3 Å². The zero-order valence-corrected chi connectivity index (χ0v) is 6.54. The molecule has 0 atom stereocenters. The van der Waals surface area contributed by atoms with Crippen molar-refractivity contribution in [2.45, 2.75) is 0 Å². The van der Waals surface area contributed by atoms with Crippen molar-refractivity contribution in [3.05, 3.63) is 39.9 Å². The Hall–Kier alpha value is -2.22. The summed E-state index contributed by atoms with van der Waals surface area (Å²) < 4.78 is 0. The number of non-ortho nitro benzene ring substituents is 1. The molecule has 0 aromatic heterocycles.